The van der Waals surface area contributed by atoms with Gasteiger partial charge in [-0.3, -0.25) is 4.72 Å². The molecule has 1 aliphatic heterocycles. The van der Waals surface area contributed by atoms with Gasteiger partial charge in [0.25, 0.3) is 0 Å². The maximum Gasteiger partial charge on any atom is 0.119 e. The van der Waals surface area contributed by atoms with Crippen LogP contribution >= 0.6 is 11.9 Å². The van der Waals surface area contributed by atoms with E-state index in [4.69, 9.17) is 9.47 Å². The van der Waals surface area contributed by atoms with Crippen molar-refractivity contribution in [3.05, 3.63) is 24.3 Å². The molecule has 1 aromatic carbocycles. The van der Waals surface area contributed by atoms with Gasteiger partial charge in [0.1, 0.15) is 11.9 Å². The Balaban J connectivity index is 1.53. The third kappa shape index (κ3) is 8.27. The molecule has 0 aromatic heterocycles. The number of hydrogen-bond donors (Lipinski definition) is 2. The molecule has 0 aliphatic carbocycles. The van der Waals surface area contributed by atoms with Crippen molar-refractivity contribution >= 4 is 17.6 Å². The molecule has 2 N–H and O–H groups in total. The predicted octanol–water partition coefficient (Wildman–Crippen LogP) is 4.47. The van der Waals surface area contributed by atoms with Crippen LogP contribution in [-0.2, 0) is 4.74 Å². The number of anilines is 1. The predicted molar refractivity (Wildman–Crippen MR) is 104 cm³/mol. The van der Waals surface area contributed by atoms with Crippen molar-refractivity contribution in [3.63, 3.8) is 0 Å². The minimum absolute atomic E-state index is 0.306. The summed E-state index contributed by atoms with van der Waals surface area (Å²) in [4.78, 5) is 0. The molecule has 1 saturated heterocycles. The Kier molecular flexibility index (Phi) is 9.39. The van der Waals surface area contributed by atoms with Gasteiger partial charge >= 0.3 is 0 Å². The van der Waals surface area contributed by atoms with Crippen molar-refractivity contribution in [2.75, 3.05) is 31.6 Å². The molecule has 1 fully saturated rings. The third-order valence-corrected chi connectivity index (χ3v) is 4.77. The Hall–Kier alpha value is -0.910. The molecule has 0 saturated carbocycles. The number of rotatable bonds is 11. The van der Waals surface area contributed by atoms with Gasteiger partial charge in [0.15, 0.2) is 0 Å². The molecule has 24 heavy (non-hydrogen) atoms. The normalized spacial score (nSPS) is 15.6. The lowest BCUT2D eigenvalue weighted by molar-refractivity contribution is 0.0256. The molecule has 4 nitrogen and oxygen atoms in total. The van der Waals surface area contributed by atoms with Crippen molar-refractivity contribution in [1.29, 1.82) is 0 Å². The van der Waals surface area contributed by atoms with Gasteiger partial charge in [-0.2, -0.15) is 0 Å². The van der Waals surface area contributed by atoms with Gasteiger partial charge in [0.05, 0.1) is 13.2 Å². The van der Waals surface area contributed by atoms with E-state index < -0.39 is 0 Å². The maximum absolute atomic E-state index is 5.99. The molecule has 0 spiro atoms. The van der Waals surface area contributed by atoms with Gasteiger partial charge in [-0.1, -0.05) is 32.2 Å². The second-order valence-electron chi connectivity index (χ2n) is 6.50. The average molecular weight is 353 g/mol. The molecule has 2 rings (SSSR count). The first-order valence-corrected chi connectivity index (χ1v) is 10.1. The fraction of sp³-hybridized carbons (Fsp3) is 0.684. The molecule has 0 amide bonds. The number of hydrogen-bond acceptors (Lipinski definition) is 5. The lowest BCUT2D eigenvalue weighted by Gasteiger charge is -2.23. The number of benzene rings is 1. The summed E-state index contributed by atoms with van der Waals surface area (Å²) in [5.41, 5.74) is 1.17. The van der Waals surface area contributed by atoms with Crippen LogP contribution in [0.4, 0.5) is 5.69 Å². The number of nitrogens with one attached hydrogen (secondary N) is 2. The molecular formula is C19H32N2O2S. The van der Waals surface area contributed by atoms with E-state index in [1.54, 1.807) is 0 Å². The fourth-order valence-corrected chi connectivity index (χ4v) is 3.19. The Bertz CT molecular complexity index is 433. The maximum atomic E-state index is 5.99. The second-order valence-corrected chi connectivity index (χ2v) is 7.97. The number of unbranched alkanes of at least 4 members (excludes halogenated alkanes) is 2. The molecule has 1 aliphatic rings. The Morgan fingerprint density at radius 3 is 2.50 bits per heavy atom. The van der Waals surface area contributed by atoms with Crippen LogP contribution in [0.15, 0.2) is 24.3 Å². The topological polar surface area (TPSA) is 42.5 Å². The molecule has 1 heterocycles. The van der Waals surface area contributed by atoms with E-state index in [1.165, 1.54) is 24.9 Å². The minimum atomic E-state index is 0.306. The van der Waals surface area contributed by atoms with Gasteiger partial charge in [0.2, 0.25) is 0 Å². The van der Waals surface area contributed by atoms with E-state index in [0.29, 0.717) is 11.4 Å². The lowest BCUT2D eigenvalue weighted by Crippen LogP contribution is -2.25. The third-order valence-electron chi connectivity index (χ3n) is 3.93. The van der Waals surface area contributed by atoms with Crippen molar-refractivity contribution in [1.82, 2.24) is 4.72 Å². The van der Waals surface area contributed by atoms with Crippen molar-refractivity contribution in [3.8, 4) is 5.75 Å². The van der Waals surface area contributed by atoms with Crippen LogP contribution in [0, 0.1) is 0 Å². The van der Waals surface area contributed by atoms with E-state index in [2.05, 4.69) is 48.2 Å². The zero-order chi connectivity index (χ0) is 17.0. The summed E-state index contributed by atoms with van der Waals surface area (Å²) in [6.45, 7) is 8.17. The molecular weight excluding hydrogens is 320 g/mol. The largest absolute Gasteiger partial charge is 0.490 e. The molecule has 0 unspecified atom stereocenters. The minimum Gasteiger partial charge on any atom is -0.490 e. The zero-order valence-electron chi connectivity index (χ0n) is 15.1. The molecule has 0 atom stereocenters. The first kappa shape index (κ1) is 19.4. The molecule has 0 radical (unpaired) electrons. The van der Waals surface area contributed by atoms with Gasteiger partial charge in [-0.25, -0.2) is 0 Å². The summed E-state index contributed by atoms with van der Waals surface area (Å²) in [5.74, 6) is 0.959. The highest BCUT2D eigenvalue weighted by atomic mass is 32.2. The van der Waals surface area contributed by atoms with Crippen LogP contribution in [0.1, 0.15) is 46.0 Å². The van der Waals surface area contributed by atoms with Gasteiger partial charge in [-0.15, -0.1) is 0 Å². The standard InChI is InChI=1S/C19H32N2O2S/c1-16(2)24-21-13-5-3-4-12-20-17-6-8-18(9-7-17)23-19-10-14-22-15-11-19/h6-9,16,19-21H,3-5,10-15H2,1-2H3. The van der Waals surface area contributed by atoms with Gasteiger partial charge < -0.3 is 14.8 Å². The van der Waals surface area contributed by atoms with Crippen LogP contribution in [0.25, 0.3) is 0 Å². The van der Waals surface area contributed by atoms with E-state index in [-0.39, 0.29) is 0 Å². The fourth-order valence-electron chi connectivity index (χ4n) is 2.59. The Labute approximate surface area is 151 Å². The van der Waals surface area contributed by atoms with Crippen LogP contribution in [0.2, 0.25) is 0 Å². The monoisotopic (exact) mass is 352 g/mol. The van der Waals surface area contributed by atoms with E-state index in [0.717, 1.165) is 44.9 Å². The highest BCUT2D eigenvalue weighted by Gasteiger charge is 2.14. The van der Waals surface area contributed by atoms with E-state index >= 15 is 0 Å². The SMILES string of the molecule is CC(C)SNCCCCCNc1ccc(OC2CCOCC2)cc1. The lowest BCUT2D eigenvalue weighted by atomic mass is 10.1. The molecule has 5 heteroatoms. The first-order chi connectivity index (χ1) is 11.7. The van der Waals surface area contributed by atoms with Crippen LogP contribution in [0.3, 0.4) is 0 Å². The van der Waals surface area contributed by atoms with Crippen molar-refractivity contribution < 1.29 is 9.47 Å². The van der Waals surface area contributed by atoms with Crippen LogP contribution < -0.4 is 14.8 Å². The van der Waals surface area contributed by atoms with Crippen molar-refractivity contribution in [2.45, 2.75) is 57.3 Å². The van der Waals surface area contributed by atoms with E-state index in [1.807, 2.05) is 11.9 Å². The summed E-state index contributed by atoms with van der Waals surface area (Å²) in [5, 5.41) is 4.14. The first-order valence-electron chi connectivity index (χ1n) is 9.21. The van der Waals surface area contributed by atoms with Crippen molar-refractivity contribution in [2.24, 2.45) is 0 Å². The van der Waals surface area contributed by atoms with Gasteiger partial charge in [0, 0.05) is 36.9 Å². The second kappa shape index (κ2) is 11.6. The number of ether oxygens (including phenoxy) is 2. The quantitative estimate of drug-likeness (QED) is 0.454. The Morgan fingerprint density at radius 2 is 1.79 bits per heavy atom. The highest BCUT2D eigenvalue weighted by molar-refractivity contribution is 7.97. The van der Waals surface area contributed by atoms with Crippen LogP contribution in [0.5, 0.6) is 5.75 Å². The summed E-state index contributed by atoms with van der Waals surface area (Å²) < 4.78 is 14.8. The van der Waals surface area contributed by atoms with Crippen LogP contribution in [-0.4, -0.2) is 37.7 Å². The summed E-state index contributed by atoms with van der Waals surface area (Å²) >= 11 is 1.82. The summed E-state index contributed by atoms with van der Waals surface area (Å²) in [6, 6.07) is 8.33. The van der Waals surface area contributed by atoms with Gasteiger partial charge in [-0.05, 0) is 37.1 Å². The Morgan fingerprint density at radius 1 is 1.08 bits per heavy atom. The van der Waals surface area contributed by atoms with E-state index in [9.17, 15) is 0 Å². The average Bonchev–Trinajstić information content (AvgIpc) is 2.59. The molecule has 136 valence electrons. The molecule has 0 bridgehead atoms. The summed E-state index contributed by atoms with van der Waals surface area (Å²) in [6.07, 6.45) is 5.98. The molecule has 1 aromatic rings. The summed E-state index contributed by atoms with van der Waals surface area (Å²) in [7, 11) is 0. The highest BCUT2D eigenvalue weighted by Crippen LogP contribution is 2.20. The zero-order valence-corrected chi connectivity index (χ0v) is 15.9. The smallest absolute Gasteiger partial charge is 0.119 e.